The van der Waals surface area contributed by atoms with Crippen LogP contribution in [0.25, 0.3) is 0 Å². The minimum Gasteiger partial charge on any atom is -0.503 e. The SMILES string of the molecule is CC(C)N1CCn2c(CCc3cc4c(c(Cl)n3)C=NC4)cc(=O)c(O)c2C1. The van der Waals surface area contributed by atoms with Crippen molar-refractivity contribution in [1.82, 2.24) is 14.5 Å². The molecule has 0 saturated carbocycles. The molecular weight excluding hydrogens is 364 g/mol. The van der Waals surface area contributed by atoms with Gasteiger partial charge in [0.2, 0.25) is 5.43 Å². The molecule has 0 fully saturated rings. The number of aromatic hydroxyl groups is 1. The van der Waals surface area contributed by atoms with Gasteiger partial charge in [0.05, 0.1) is 12.2 Å². The van der Waals surface area contributed by atoms with E-state index in [0.717, 1.165) is 35.6 Å². The molecule has 0 unspecified atom stereocenters. The van der Waals surface area contributed by atoms with Gasteiger partial charge in [0.15, 0.2) is 5.75 Å². The van der Waals surface area contributed by atoms with Crippen molar-refractivity contribution in [3.05, 3.63) is 55.7 Å². The predicted octanol–water partition coefficient (Wildman–Crippen LogP) is 2.54. The van der Waals surface area contributed by atoms with Crippen LogP contribution in [0.5, 0.6) is 5.75 Å². The lowest BCUT2D eigenvalue weighted by Gasteiger charge is -2.34. The van der Waals surface area contributed by atoms with Gasteiger partial charge < -0.3 is 9.67 Å². The molecule has 0 aliphatic carbocycles. The summed E-state index contributed by atoms with van der Waals surface area (Å²) in [6.07, 6.45) is 3.13. The molecule has 0 bridgehead atoms. The molecule has 27 heavy (non-hydrogen) atoms. The van der Waals surface area contributed by atoms with Crippen LogP contribution in [0.4, 0.5) is 0 Å². The third-order valence-corrected chi connectivity index (χ3v) is 5.73. The first-order valence-electron chi connectivity index (χ1n) is 9.30. The molecule has 2 aliphatic heterocycles. The van der Waals surface area contributed by atoms with Gasteiger partial charge in [-0.1, -0.05) is 11.6 Å². The van der Waals surface area contributed by atoms with Crippen molar-refractivity contribution in [2.24, 2.45) is 4.99 Å². The van der Waals surface area contributed by atoms with Crippen LogP contribution in [-0.4, -0.2) is 38.4 Å². The number of rotatable bonds is 4. The van der Waals surface area contributed by atoms with E-state index in [9.17, 15) is 9.90 Å². The first kappa shape index (κ1) is 18.2. The summed E-state index contributed by atoms with van der Waals surface area (Å²) in [4.78, 5) is 23.3. The summed E-state index contributed by atoms with van der Waals surface area (Å²) in [6.45, 7) is 7.16. The van der Waals surface area contributed by atoms with E-state index in [0.29, 0.717) is 42.8 Å². The monoisotopic (exact) mass is 386 g/mol. The third kappa shape index (κ3) is 3.39. The number of aliphatic imine (C=N–C) groups is 1. The smallest absolute Gasteiger partial charge is 0.223 e. The molecule has 2 aliphatic rings. The van der Waals surface area contributed by atoms with E-state index in [1.54, 1.807) is 12.3 Å². The zero-order chi connectivity index (χ0) is 19.1. The predicted molar refractivity (Wildman–Crippen MR) is 106 cm³/mol. The molecule has 0 aromatic carbocycles. The minimum atomic E-state index is -0.310. The Morgan fingerprint density at radius 2 is 2.07 bits per heavy atom. The number of hydrogen-bond acceptors (Lipinski definition) is 5. The van der Waals surface area contributed by atoms with Crippen LogP contribution in [0, 0.1) is 0 Å². The molecule has 0 saturated heterocycles. The molecule has 0 atom stereocenters. The van der Waals surface area contributed by atoms with Gasteiger partial charge in [-0.05, 0) is 38.3 Å². The van der Waals surface area contributed by atoms with Crippen LogP contribution in [0.3, 0.4) is 0 Å². The summed E-state index contributed by atoms with van der Waals surface area (Å²) in [6, 6.07) is 3.98. The molecule has 0 radical (unpaired) electrons. The summed E-state index contributed by atoms with van der Waals surface area (Å²) in [5.41, 5.74) is 4.25. The van der Waals surface area contributed by atoms with Crippen LogP contribution >= 0.6 is 11.6 Å². The van der Waals surface area contributed by atoms with Crippen LogP contribution < -0.4 is 5.43 Å². The molecule has 4 rings (SSSR count). The van der Waals surface area contributed by atoms with E-state index in [1.165, 1.54) is 0 Å². The lowest BCUT2D eigenvalue weighted by atomic mass is 10.1. The largest absolute Gasteiger partial charge is 0.503 e. The van der Waals surface area contributed by atoms with Gasteiger partial charge in [-0.2, -0.15) is 0 Å². The number of pyridine rings is 2. The van der Waals surface area contributed by atoms with Gasteiger partial charge in [-0.3, -0.25) is 14.7 Å². The van der Waals surface area contributed by atoms with E-state index < -0.39 is 0 Å². The fourth-order valence-electron chi connectivity index (χ4n) is 3.84. The van der Waals surface area contributed by atoms with Crippen LogP contribution in [0.1, 0.15) is 42.1 Å². The van der Waals surface area contributed by atoms with Crippen LogP contribution in [0.15, 0.2) is 21.9 Å². The highest BCUT2D eigenvalue weighted by Crippen LogP contribution is 2.25. The van der Waals surface area contributed by atoms with Crippen molar-refractivity contribution in [3.63, 3.8) is 0 Å². The Bertz CT molecular complexity index is 981. The number of aryl methyl sites for hydroxylation is 2. The molecule has 2 aromatic rings. The van der Waals surface area contributed by atoms with Crippen molar-refractivity contribution in [1.29, 1.82) is 0 Å². The topological polar surface area (TPSA) is 70.7 Å². The summed E-state index contributed by atoms with van der Waals surface area (Å²) < 4.78 is 2.09. The Morgan fingerprint density at radius 1 is 1.26 bits per heavy atom. The zero-order valence-electron chi connectivity index (χ0n) is 15.6. The minimum absolute atomic E-state index is 0.125. The Labute approximate surface area is 163 Å². The lowest BCUT2D eigenvalue weighted by molar-refractivity contribution is 0.170. The van der Waals surface area contributed by atoms with E-state index in [1.807, 2.05) is 6.07 Å². The molecule has 1 N–H and O–H groups in total. The van der Waals surface area contributed by atoms with Crippen LogP contribution in [0.2, 0.25) is 5.15 Å². The molecule has 6 nitrogen and oxygen atoms in total. The summed E-state index contributed by atoms with van der Waals surface area (Å²) >= 11 is 6.27. The maximum atomic E-state index is 12.3. The standard InChI is InChI=1S/C20H23ClN4O2/c1-12(2)24-5-6-25-15(8-18(26)19(27)17(25)11-24)4-3-14-7-13-9-22-10-16(13)20(21)23-14/h7-8,10,12,27H,3-6,9,11H2,1-2H3. The third-order valence-electron chi connectivity index (χ3n) is 5.44. The fraction of sp³-hybridized carbons (Fsp3) is 0.450. The second kappa shape index (κ2) is 7.09. The molecule has 2 aromatic heterocycles. The lowest BCUT2D eigenvalue weighted by Crippen LogP contribution is -2.40. The molecule has 0 amide bonds. The molecular formula is C20H23ClN4O2. The zero-order valence-corrected chi connectivity index (χ0v) is 16.3. The van der Waals surface area contributed by atoms with Gasteiger partial charge >= 0.3 is 0 Å². The van der Waals surface area contributed by atoms with Crippen LogP contribution in [-0.2, 0) is 32.5 Å². The number of halogens is 1. The summed E-state index contributed by atoms with van der Waals surface area (Å²) in [7, 11) is 0. The van der Waals surface area contributed by atoms with E-state index in [-0.39, 0.29) is 11.2 Å². The highest BCUT2D eigenvalue weighted by atomic mass is 35.5. The highest BCUT2D eigenvalue weighted by Gasteiger charge is 2.24. The van der Waals surface area contributed by atoms with E-state index >= 15 is 0 Å². The van der Waals surface area contributed by atoms with Crippen molar-refractivity contribution in [2.75, 3.05) is 6.54 Å². The quantitative estimate of drug-likeness (QED) is 0.820. The normalized spacial score (nSPS) is 16.0. The van der Waals surface area contributed by atoms with Gasteiger partial charge in [0, 0.05) is 54.9 Å². The maximum Gasteiger partial charge on any atom is 0.223 e. The Balaban J connectivity index is 1.60. The first-order valence-corrected chi connectivity index (χ1v) is 9.68. The second-order valence-electron chi connectivity index (χ2n) is 7.46. The number of nitrogens with zero attached hydrogens (tertiary/aromatic N) is 4. The van der Waals surface area contributed by atoms with Crippen molar-refractivity contribution in [3.8, 4) is 5.75 Å². The summed E-state index contributed by atoms with van der Waals surface area (Å²) in [5.74, 6) is -0.125. The van der Waals surface area contributed by atoms with Gasteiger partial charge in [0.1, 0.15) is 5.15 Å². The molecule has 142 valence electrons. The first-order chi connectivity index (χ1) is 12.9. The van der Waals surface area contributed by atoms with Gasteiger partial charge in [0.25, 0.3) is 0 Å². The van der Waals surface area contributed by atoms with Gasteiger partial charge in [-0.15, -0.1) is 0 Å². The van der Waals surface area contributed by atoms with Crippen molar-refractivity contribution in [2.45, 2.75) is 52.4 Å². The Hall–Kier alpha value is -2.18. The average molecular weight is 387 g/mol. The number of hydrogen-bond donors (Lipinski definition) is 1. The van der Waals surface area contributed by atoms with E-state index in [2.05, 4.69) is 33.3 Å². The van der Waals surface area contributed by atoms with Crippen molar-refractivity contribution >= 4 is 17.8 Å². The molecule has 0 spiro atoms. The van der Waals surface area contributed by atoms with Crippen molar-refractivity contribution < 1.29 is 5.11 Å². The van der Waals surface area contributed by atoms with Gasteiger partial charge in [-0.25, -0.2) is 4.98 Å². The fourth-order valence-corrected chi connectivity index (χ4v) is 4.12. The number of aromatic nitrogens is 2. The number of fused-ring (bicyclic) bond motifs is 2. The summed E-state index contributed by atoms with van der Waals surface area (Å²) in [5, 5.41) is 10.8. The Morgan fingerprint density at radius 3 is 2.85 bits per heavy atom. The highest BCUT2D eigenvalue weighted by molar-refractivity contribution is 6.32. The maximum absolute atomic E-state index is 12.3. The second-order valence-corrected chi connectivity index (χ2v) is 7.82. The molecule has 7 heteroatoms. The molecule has 4 heterocycles. The Kier molecular flexibility index (Phi) is 4.78. The average Bonchev–Trinajstić information content (AvgIpc) is 3.12. The van der Waals surface area contributed by atoms with E-state index in [4.69, 9.17) is 11.6 Å².